The van der Waals surface area contributed by atoms with Crippen molar-refractivity contribution >= 4 is 15.6 Å². The van der Waals surface area contributed by atoms with Crippen molar-refractivity contribution in [2.45, 2.75) is 11.8 Å². The molecule has 1 heterocycles. The van der Waals surface area contributed by atoms with Gasteiger partial charge in [0, 0.05) is 30.3 Å². The third kappa shape index (κ3) is 4.89. The Bertz CT molecular complexity index is 1070. The van der Waals surface area contributed by atoms with Crippen LogP contribution in [0.3, 0.4) is 0 Å². The largest absolute Gasteiger partial charge is 0.457 e. The predicted octanol–water partition coefficient (Wildman–Crippen LogP) is 3.67. The van der Waals surface area contributed by atoms with Gasteiger partial charge in [-0.25, -0.2) is 18.4 Å². The average Bonchev–Trinajstić information content (AvgIpc) is 2.62. The summed E-state index contributed by atoms with van der Waals surface area (Å²) in [4.78, 5) is 20.0. The number of aromatic nitrogens is 2. The van der Waals surface area contributed by atoms with E-state index in [9.17, 15) is 13.2 Å². The molecule has 27 heavy (non-hydrogen) atoms. The highest BCUT2D eigenvalue weighted by molar-refractivity contribution is 7.90. The molecule has 3 aromatic rings. The first kappa shape index (κ1) is 18.5. The van der Waals surface area contributed by atoms with Crippen molar-refractivity contribution < 1.29 is 22.7 Å². The molecule has 0 unspecified atom stereocenters. The van der Waals surface area contributed by atoms with Crippen LogP contribution in [0.25, 0.3) is 0 Å². The summed E-state index contributed by atoms with van der Waals surface area (Å²) < 4.78 is 34.4. The lowest BCUT2D eigenvalue weighted by Crippen LogP contribution is -1.98. The number of sulfone groups is 1. The average molecular weight is 384 g/mol. The van der Waals surface area contributed by atoms with Crippen LogP contribution in [0.1, 0.15) is 17.3 Å². The number of nitrogens with zero attached hydrogens (tertiary/aromatic N) is 2. The van der Waals surface area contributed by atoms with Crippen molar-refractivity contribution in [2.75, 3.05) is 6.26 Å². The molecule has 0 saturated heterocycles. The van der Waals surface area contributed by atoms with Crippen LogP contribution in [0.15, 0.2) is 65.8 Å². The molecule has 3 rings (SSSR count). The van der Waals surface area contributed by atoms with Crippen molar-refractivity contribution in [3.05, 3.63) is 66.5 Å². The predicted molar refractivity (Wildman–Crippen MR) is 98.2 cm³/mol. The SMILES string of the molecule is CC(=O)c1cc(Oc2ccc(S(C)(=O)=O)cc2)cc(Oc2ncccn2)c1. The second-order valence-corrected chi connectivity index (χ2v) is 7.74. The number of hydrogen-bond donors (Lipinski definition) is 0. The highest BCUT2D eigenvalue weighted by Crippen LogP contribution is 2.30. The number of hydrogen-bond acceptors (Lipinski definition) is 7. The van der Waals surface area contributed by atoms with E-state index in [0.29, 0.717) is 22.8 Å². The fourth-order valence-corrected chi connectivity index (χ4v) is 2.86. The topological polar surface area (TPSA) is 95.5 Å². The van der Waals surface area contributed by atoms with E-state index < -0.39 is 9.84 Å². The first-order chi connectivity index (χ1) is 12.8. The first-order valence-corrected chi connectivity index (χ1v) is 9.79. The van der Waals surface area contributed by atoms with E-state index in [0.717, 1.165) is 6.26 Å². The molecule has 138 valence electrons. The van der Waals surface area contributed by atoms with E-state index in [2.05, 4.69) is 9.97 Å². The molecule has 0 aliphatic carbocycles. The Morgan fingerprint density at radius 3 is 2.04 bits per heavy atom. The zero-order valence-electron chi connectivity index (χ0n) is 14.6. The van der Waals surface area contributed by atoms with Gasteiger partial charge in [-0.05, 0) is 49.4 Å². The lowest BCUT2D eigenvalue weighted by molar-refractivity contribution is 0.101. The van der Waals surface area contributed by atoms with Crippen molar-refractivity contribution in [3.8, 4) is 23.3 Å². The first-order valence-electron chi connectivity index (χ1n) is 7.90. The number of Topliss-reactive ketones (excluding diaryl/α,β-unsaturated/α-hetero) is 1. The smallest absolute Gasteiger partial charge is 0.321 e. The fourth-order valence-electron chi connectivity index (χ4n) is 2.23. The van der Waals surface area contributed by atoms with Crippen molar-refractivity contribution in [1.29, 1.82) is 0 Å². The highest BCUT2D eigenvalue weighted by atomic mass is 32.2. The summed E-state index contributed by atoms with van der Waals surface area (Å²) in [5.74, 6) is 0.967. The minimum atomic E-state index is -3.29. The molecule has 0 saturated carbocycles. The monoisotopic (exact) mass is 384 g/mol. The Hall–Kier alpha value is -3.26. The third-order valence-electron chi connectivity index (χ3n) is 3.53. The van der Waals surface area contributed by atoms with E-state index in [1.807, 2.05) is 0 Å². The molecule has 8 heteroatoms. The lowest BCUT2D eigenvalue weighted by atomic mass is 10.1. The molecule has 0 bridgehead atoms. The van der Waals surface area contributed by atoms with Gasteiger partial charge in [0.2, 0.25) is 0 Å². The van der Waals surface area contributed by atoms with Crippen molar-refractivity contribution in [2.24, 2.45) is 0 Å². The second kappa shape index (κ2) is 7.55. The maximum absolute atomic E-state index is 11.8. The zero-order chi connectivity index (χ0) is 19.4. The number of carbonyl (C=O) groups excluding carboxylic acids is 1. The molecule has 2 aromatic carbocycles. The minimum absolute atomic E-state index is 0.140. The summed E-state index contributed by atoms with van der Waals surface area (Å²) in [5.41, 5.74) is 0.395. The highest BCUT2D eigenvalue weighted by Gasteiger charge is 2.11. The molecular formula is C19H16N2O5S. The standard InChI is InChI=1S/C19H16N2O5S/c1-13(22)14-10-16(12-17(11-14)26-19-20-8-3-9-21-19)25-15-4-6-18(7-5-15)27(2,23)24/h3-12H,1-2H3. The lowest BCUT2D eigenvalue weighted by Gasteiger charge is -2.10. The van der Waals surface area contributed by atoms with Gasteiger partial charge in [0.05, 0.1) is 4.90 Å². The van der Waals surface area contributed by atoms with E-state index >= 15 is 0 Å². The minimum Gasteiger partial charge on any atom is -0.457 e. The Morgan fingerprint density at radius 2 is 1.48 bits per heavy atom. The molecule has 0 aliphatic rings. The molecule has 0 aliphatic heterocycles. The van der Waals surface area contributed by atoms with Gasteiger partial charge < -0.3 is 9.47 Å². The van der Waals surface area contributed by atoms with Crippen LogP contribution in [0.5, 0.6) is 23.3 Å². The summed E-state index contributed by atoms with van der Waals surface area (Å²) >= 11 is 0. The van der Waals surface area contributed by atoms with Gasteiger partial charge in [0.1, 0.15) is 17.2 Å². The molecule has 0 radical (unpaired) electrons. The van der Waals surface area contributed by atoms with Crippen LogP contribution in [0.2, 0.25) is 0 Å². The van der Waals surface area contributed by atoms with Gasteiger partial charge in [-0.2, -0.15) is 0 Å². The van der Waals surface area contributed by atoms with Crippen LogP contribution in [0.4, 0.5) is 0 Å². The number of ether oxygens (including phenoxy) is 2. The molecule has 0 N–H and O–H groups in total. The number of benzene rings is 2. The molecule has 0 atom stereocenters. The van der Waals surface area contributed by atoms with E-state index in [4.69, 9.17) is 9.47 Å². The molecule has 0 amide bonds. The van der Waals surface area contributed by atoms with E-state index in [1.54, 1.807) is 24.3 Å². The summed E-state index contributed by atoms with van der Waals surface area (Å²) in [6, 6.07) is 12.5. The summed E-state index contributed by atoms with van der Waals surface area (Å²) in [7, 11) is -3.29. The Balaban J connectivity index is 1.89. The summed E-state index contributed by atoms with van der Waals surface area (Å²) in [6.45, 7) is 1.43. The van der Waals surface area contributed by atoms with Gasteiger partial charge in [-0.15, -0.1) is 0 Å². The van der Waals surface area contributed by atoms with Crippen molar-refractivity contribution in [1.82, 2.24) is 9.97 Å². The maximum Gasteiger partial charge on any atom is 0.321 e. The second-order valence-electron chi connectivity index (χ2n) is 5.73. The van der Waals surface area contributed by atoms with Gasteiger partial charge >= 0.3 is 6.01 Å². The Kier molecular flexibility index (Phi) is 5.18. The van der Waals surface area contributed by atoms with Gasteiger partial charge in [-0.3, -0.25) is 4.79 Å². The number of ketones is 1. The number of rotatable bonds is 6. The normalized spacial score (nSPS) is 11.0. The molecule has 1 aromatic heterocycles. The third-order valence-corrected chi connectivity index (χ3v) is 4.65. The van der Waals surface area contributed by atoms with Crippen LogP contribution in [-0.4, -0.2) is 30.4 Å². The fraction of sp³-hybridized carbons (Fsp3) is 0.105. The molecule has 7 nitrogen and oxygen atoms in total. The summed E-state index contributed by atoms with van der Waals surface area (Å²) in [6.07, 6.45) is 4.21. The van der Waals surface area contributed by atoms with Crippen LogP contribution >= 0.6 is 0 Å². The number of carbonyl (C=O) groups is 1. The van der Waals surface area contributed by atoms with Crippen LogP contribution in [-0.2, 0) is 9.84 Å². The van der Waals surface area contributed by atoms with Crippen LogP contribution < -0.4 is 9.47 Å². The summed E-state index contributed by atoms with van der Waals surface area (Å²) in [5, 5.41) is 0. The Labute approximate surface area is 156 Å². The van der Waals surface area contributed by atoms with Gasteiger partial charge in [-0.1, -0.05) is 0 Å². The van der Waals surface area contributed by atoms with E-state index in [1.165, 1.54) is 43.6 Å². The molecular weight excluding hydrogens is 368 g/mol. The molecule has 0 spiro atoms. The van der Waals surface area contributed by atoms with Gasteiger partial charge in [0.25, 0.3) is 0 Å². The van der Waals surface area contributed by atoms with Gasteiger partial charge in [0.15, 0.2) is 15.6 Å². The van der Waals surface area contributed by atoms with E-state index in [-0.39, 0.29) is 16.7 Å². The zero-order valence-corrected chi connectivity index (χ0v) is 15.4. The molecule has 0 fully saturated rings. The maximum atomic E-state index is 11.8. The van der Waals surface area contributed by atoms with Crippen LogP contribution in [0, 0.1) is 0 Å². The Morgan fingerprint density at radius 1 is 0.889 bits per heavy atom. The quantitative estimate of drug-likeness (QED) is 0.598. The van der Waals surface area contributed by atoms with Crippen molar-refractivity contribution in [3.63, 3.8) is 0 Å².